The molecule has 0 aliphatic heterocycles. The predicted molar refractivity (Wildman–Crippen MR) is 59.2 cm³/mol. The second-order valence-electron chi connectivity index (χ2n) is 3.03. The van der Waals surface area contributed by atoms with E-state index in [9.17, 15) is 14.9 Å². The average molecular weight is 261 g/mol. The highest BCUT2D eigenvalue weighted by Gasteiger charge is 2.25. The molecule has 17 heavy (non-hydrogen) atoms. The van der Waals surface area contributed by atoms with Gasteiger partial charge in [0.25, 0.3) is 0 Å². The Morgan fingerprint density at radius 2 is 2.29 bits per heavy atom. The Balaban J connectivity index is 3.12. The minimum atomic E-state index is -1.38. The van der Waals surface area contributed by atoms with Gasteiger partial charge in [-0.3, -0.25) is 10.1 Å². The molecule has 1 aromatic rings. The van der Waals surface area contributed by atoms with Crippen LogP contribution in [0.4, 0.5) is 5.69 Å². The number of halogens is 1. The van der Waals surface area contributed by atoms with E-state index in [0.717, 1.165) is 6.07 Å². The van der Waals surface area contributed by atoms with Gasteiger partial charge in [0.05, 0.1) is 9.95 Å². The van der Waals surface area contributed by atoms with E-state index in [-0.39, 0.29) is 17.3 Å². The number of nitrogens with zero attached hydrogens (tertiary/aromatic N) is 1. The van der Waals surface area contributed by atoms with Gasteiger partial charge in [-0.1, -0.05) is 17.7 Å². The van der Waals surface area contributed by atoms with E-state index in [0.29, 0.717) is 0 Å². The van der Waals surface area contributed by atoms with Crippen LogP contribution >= 0.6 is 11.6 Å². The summed E-state index contributed by atoms with van der Waals surface area (Å²) in [6.45, 7) is -0.322. The van der Waals surface area contributed by atoms with Gasteiger partial charge in [0.1, 0.15) is 0 Å². The minimum Gasteiger partial charge on any atom is -0.478 e. The molecule has 0 radical (unpaired) electrons. The number of nitrogens with two attached hydrogens (primary N) is 1. The van der Waals surface area contributed by atoms with Crippen LogP contribution in [0.1, 0.15) is 0 Å². The lowest BCUT2D eigenvalue weighted by Gasteiger charge is -2.13. The summed E-state index contributed by atoms with van der Waals surface area (Å²) in [5, 5.41) is 19.4. The fourth-order valence-electron chi connectivity index (χ4n) is 1.10. The topological polar surface area (TPSA) is 116 Å². The van der Waals surface area contributed by atoms with Crippen molar-refractivity contribution in [1.82, 2.24) is 0 Å². The van der Waals surface area contributed by atoms with Crippen molar-refractivity contribution in [3.05, 3.63) is 33.3 Å². The highest BCUT2D eigenvalue weighted by molar-refractivity contribution is 6.32. The van der Waals surface area contributed by atoms with Gasteiger partial charge in [0, 0.05) is 12.6 Å². The molecule has 92 valence electrons. The van der Waals surface area contributed by atoms with Crippen molar-refractivity contribution >= 4 is 23.3 Å². The van der Waals surface area contributed by atoms with Crippen LogP contribution in [0.5, 0.6) is 5.75 Å². The number of carboxylic acids is 1. The lowest BCUT2D eigenvalue weighted by molar-refractivity contribution is -0.386. The lowest BCUT2D eigenvalue weighted by Crippen LogP contribution is -2.35. The van der Waals surface area contributed by atoms with Gasteiger partial charge >= 0.3 is 11.7 Å². The molecule has 0 saturated carbocycles. The van der Waals surface area contributed by atoms with Crippen LogP contribution in [0.2, 0.25) is 5.02 Å². The number of para-hydroxylation sites is 1. The zero-order chi connectivity index (χ0) is 13.0. The number of ether oxygens (including phenoxy) is 1. The Hall–Kier alpha value is -1.86. The maximum Gasteiger partial charge on any atom is 0.346 e. The van der Waals surface area contributed by atoms with Crippen LogP contribution in [0.15, 0.2) is 18.2 Å². The Kier molecular flexibility index (Phi) is 4.24. The molecule has 7 nitrogen and oxygen atoms in total. The van der Waals surface area contributed by atoms with E-state index in [1.807, 2.05) is 0 Å². The first kappa shape index (κ1) is 13.2. The molecule has 1 atom stereocenters. The van der Waals surface area contributed by atoms with Gasteiger partial charge in [-0.2, -0.15) is 0 Å². The maximum absolute atomic E-state index is 10.7. The first-order valence-electron chi connectivity index (χ1n) is 4.49. The smallest absolute Gasteiger partial charge is 0.346 e. The van der Waals surface area contributed by atoms with Gasteiger partial charge in [-0.15, -0.1) is 0 Å². The van der Waals surface area contributed by atoms with Crippen LogP contribution in [0, 0.1) is 10.1 Å². The quantitative estimate of drug-likeness (QED) is 0.603. The number of rotatable bonds is 5. The summed E-state index contributed by atoms with van der Waals surface area (Å²) >= 11 is 5.72. The molecule has 0 amide bonds. The minimum absolute atomic E-state index is 0.0427. The first-order chi connectivity index (χ1) is 7.97. The highest BCUT2D eigenvalue weighted by Crippen LogP contribution is 2.34. The predicted octanol–water partition coefficient (Wildman–Crippen LogP) is 1.04. The third-order valence-corrected chi connectivity index (χ3v) is 2.19. The molecule has 0 heterocycles. The van der Waals surface area contributed by atoms with Gasteiger partial charge in [0.2, 0.25) is 11.9 Å². The molecule has 0 aromatic heterocycles. The fourth-order valence-corrected chi connectivity index (χ4v) is 1.31. The van der Waals surface area contributed by atoms with E-state index in [1.165, 1.54) is 12.1 Å². The molecule has 1 aromatic carbocycles. The molecule has 8 heteroatoms. The number of nitro benzene ring substituents is 1. The van der Waals surface area contributed by atoms with Crippen molar-refractivity contribution < 1.29 is 19.6 Å². The number of hydrogen-bond donors (Lipinski definition) is 2. The van der Waals surface area contributed by atoms with E-state index in [2.05, 4.69) is 0 Å². The number of benzene rings is 1. The SMILES string of the molecule is NCC(Oc1c(Cl)cccc1[N+](=O)[O-])C(=O)O. The van der Waals surface area contributed by atoms with E-state index >= 15 is 0 Å². The summed E-state index contributed by atoms with van der Waals surface area (Å²) in [5.41, 5.74) is 4.77. The number of nitro groups is 1. The summed E-state index contributed by atoms with van der Waals surface area (Å²) < 4.78 is 4.95. The van der Waals surface area contributed by atoms with Crippen LogP contribution < -0.4 is 10.5 Å². The van der Waals surface area contributed by atoms with Gasteiger partial charge in [-0.25, -0.2) is 4.79 Å². The van der Waals surface area contributed by atoms with Gasteiger partial charge in [-0.05, 0) is 6.07 Å². The second-order valence-corrected chi connectivity index (χ2v) is 3.43. The zero-order valence-corrected chi connectivity index (χ0v) is 9.26. The third-order valence-electron chi connectivity index (χ3n) is 1.89. The fraction of sp³-hybridized carbons (Fsp3) is 0.222. The van der Waals surface area contributed by atoms with Crippen molar-refractivity contribution in [3.63, 3.8) is 0 Å². The summed E-state index contributed by atoms with van der Waals surface area (Å²) in [5.74, 6) is -1.61. The van der Waals surface area contributed by atoms with Crippen molar-refractivity contribution in [2.75, 3.05) is 6.54 Å². The number of hydrogen-bond acceptors (Lipinski definition) is 5. The Labute approximate surface area is 101 Å². The molecule has 0 bridgehead atoms. The van der Waals surface area contributed by atoms with Crippen molar-refractivity contribution in [1.29, 1.82) is 0 Å². The van der Waals surface area contributed by atoms with E-state index < -0.39 is 22.7 Å². The molecule has 3 N–H and O–H groups in total. The van der Waals surface area contributed by atoms with Crippen LogP contribution in [-0.2, 0) is 4.79 Å². The Bertz CT molecular complexity index is 451. The maximum atomic E-state index is 10.7. The standard InChI is InChI=1S/C9H9ClN2O5/c10-5-2-1-3-6(12(15)16)8(5)17-7(4-11)9(13)14/h1-3,7H,4,11H2,(H,13,14). The highest BCUT2D eigenvalue weighted by atomic mass is 35.5. The number of carboxylic acid groups (broad SMARTS) is 1. The van der Waals surface area contributed by atoms with Gasteiger partial charge < -0.3 is 15.6 Å². The monoisotopic (exact) mass is 260 g/mol. The zero-order valence-electron chi connectivity index (χ0n) is 8.50. The van der Waals surface area contributed by atoms with E-state index in [1.54, 1.807) is 0 Å². The van der Waals surface area contributed by atoms with Crippen molar-refractivity contribution in [2.24, 2.45) is 5.73 Å². The summed E-state index contributed by atoms with van der Waals surface area (Å²) in [7, 11) is 0. The third kappa shape index (κ3) is 3.05. The van der Waals surface area contributed by atoms with Crippen LogP contribution in [0.3, 0.4) is 0 Å². The largest absolute Gasteiger partial charge is 0.478 e. The van der Waals surface area contributed by atoms with Gasteiger partial charge in [0.15, 0.2) is 0 Å². The Morgan fingerprint density at radius 3 is 2.76 bits per heavy atom. The normalized spacial score (nSPS) is 11.9. The molecular formula is C9H9ClN2O5. The number of carbonyl (C=O) groups is 1. The lowest BCUT2D eigenvalue weighted by atomic mass is 10.3. The Morgan fingerprint density at radius 1 is 1.65 bits per heavy atom. The molecule has 1 unspecified atom stereocenters. The van der Waals surface area contributed by atoms with E-state index in [4.69, 9.17) is 27.2 Å². The van der Waals surface area contributed by atoms with Crippen LogP contribution in [0.25, 0.3) is 0 Å². The van der Waals surface area contributed by atoms with Crippen molar-refractivity contribution in [2.45, 2.75) is 6.10 Å². The molecular weight excluding hydrogens is 252 g/mol. The van der Waals surface area contributed by atoms with Crippen molar-refractivity contribution in [3.8, 4) is 5.75 Å². The number of aliphatic carboxylic acids is 1. The summed E-state index contributed by atoms with van der Waals surface area (Å²) in [6.07, 6.45) is -1.38. The molecule has 0 aliphatic rings. The molecule has 0 spiro atoms. The second kappa shape index (κ2) is 5.46. The van der Waals surface area contributed by atoms with Crippen LogP contribution in [-0.4, -0.2) is 28.6 Å². The molecule has 0 fully saturated rings. The first-order valence-corrected chi connectivity index (χ1v) is 4.87. The molecule has 1 rings (SSSR count). The molecule has 0 saturated heterocycles. The average Bonchev–Trinajstić information content (AvgIpc) is 2.26. The molecule has 0 aliphatic carbocycles. The summed E-state index contributed by atoms with van der Waals surface area (Å²) in [4.78, 5) is 20.7. The summed E-state index contributed by atoms with van der Waals surface area (Å²) in [6, 6.07) is 3.89.